The molecular formula is C23H28F3N3O8. The molecule has 2 heterocycles. The molecule has 0 spiro atoms. The molecule has 0 aliphatic carbocycles. The average molecular weight is 531 g/mol. The Balaban J connectivity index is 0.000000604. The number of piperidine rings is 1. The van der Waals surface area contributed by atoms with Crippen LogP contribution in [0.1, 0.15) is 31.2 Å². The predicted octanol–water partition coefficient (Wildman–Crippen LogP) is -1.26. The van der Waals surface area contributed by atoms with Crippen LogP contribution in [0.4, 0.5) is 18.9 Å². The van der Waals surface area contributed by atoms with E-state index in [1.54, 1.807) is 4.90 Å². The summed E-state index contributed by atoms with van der Waals surface area (Å²) in [5.41, 5.74) is 1.62. The van der Waals surface area contributed by atoms with Gasteiger partial charge >= 0.3 is 18.1 Å². The van der Waals surface area contributed by atoms with Crippen LogP contribution in [0.3, 0.4) is 0 Å². The van der Waals surface area contributed by atoms with Gasteiger partial charge in [-0.3, -0.25) is 19.3 Å². The number of carboxylic acid groups (broad SMARTS) is 2. The lowest BCUT2D eigenvalue weighted by Crippen LogP contribution is -2.86. The van der Waals surface area contributed by atoms with Gasteiger partial charge in [-0.2, -0.15) is 13.2 Å². The number of amides is 2. The van der Waals surface area contributed by atoms with Crippen molar-refractivity contribution in [3.05, 3.63) is 29.8 Å². The lowest BCUT2D eigenvalue weighted by atomic mass is 9.96. The molecule has 2 amide bonds. The smallest absolute Gasteiger partial charge is 0.430 e. The van der Waals surface area contributed by atoms with E-state index >= 15 is 0 Å². The van der Waals surface area contributed by atoms with Crippen molar-refractivity contribution in [3.8, 4) is 0 Å². The van der Waals surface area contributed by atoms with Crippen molar-refractivity contribution in [2.75, 3.05) is 25.1 Å². The van der Waals surface area contributed by atoms with E-state index in [1.807, 2.05) is 24.3 Å². The minimum Gasteiger partial charge on any atom is -0.542 e. The molecule has 1 saturated heterocycles. The molecule has 204 valence electrons. The first-order valence-electron chi connectivity index (χ1n) is 11.5. The number of esters is 1. The number of fused-ring (bicyclic) bond motifs is 1. The summed E-state index contributed by atoms with van der Waals surface area (Å²) < 4.78 is 36.3. The first-order chi connectivity index (χ1) is 17.4. The SMILES string of the molecule is COC(=O)[C@H](CCC(=O)O)NC(=O)[C@@H]1Cc2ccccc2N1C(=O)C1CC[NH2+]CC1.O=C([O-])C(F)(F)F. The number of alkyl halides is 3. The lowest BCUT2D eigenvalue weighted by molar-refractivity contribution is -0.663. The van der Waals surface area contributed by atoms with Crippen LogP contribution in [0, 0.1) is 5.92 Å². The Labute approximate surface area is 209 Å². The average Bonchev–Trinajstić information content (AvgIpc) is 3.25. The molecule has 3 rings (SSSR count). The third-order valence-corrected chi connectivity index (χ3v) is 5.98. The van der Waals surface area contributed by atoms with Gasteiger partial charge < -0.3 is 30.4 Å². The minimum absolute atomic E-state index is 0.0756. The highest BCUT2D eigenvalue weighted by atomic mass is 19.4. The molecule has 2 aliphatic heterocycles. The van der Waals surface area contributed by atoms with Crippen LogP contribution in [0.15, 0.2) is 24.3 Å². The fourth-order valence-electron chi connectivity index (χ4n) is 4.17. The third kappa shape index (κ3) is 8.17. The van der Waals surface area contributed by atoms with Crippen molar-refractivity contribution >= 4 is 35.4 Å². The van der Waals surface area contributed by atoms with E-state index in [0.29, 0.717) is 6.42 Å². The molecule has 1 aromatic rings. The van der Waals surface area contributed by atoms with Gasteiger partial charge in [0.25, 0.3) is 0 Å². The van der Waals surface area contributed by atoms with Crippen molar-refractivity contribution in [3.63, 3.8) is 0 Å². The summed E-state index contributed by atoms with van der Waals surface area (Å²) in [6.07, 6.45) is -3.70. The van der Waals surface area contributed by atoms with Gasteiger partial charge in [0.15, 0.2) is 0 Å². The number of carbonyl (C=O) groups excluding carboxylic acids is 4. The molecule has 37 heavy (non-hydrogen) atoms. The van der Waals surface area contributed by atoms with Crippen molar-refractivity contribution in [1.29, 1.82) is 0 Å². The summed E-state index contributed by atoms with van der Waals surface area (Å²) in [5, 5.41) is 22.5. The van der Waals surface area contributed by atoms with Crippen LogP contribution < -0.4 is 20.6 Å². The summed E-state index contributed by atoms with van der Waals surface area (Å²) in [5.74, 6) is -5.48. The summed E-state index contributed by atoms with van der Waals surface area (Å²) >= 11 is 0. The first-order valence-corrected chi connectivity index (χ1v) is 11.5. The van der Waals surface area contributed by atoms with Gasteiger partial charge in [-0.25, -0.2) is 4.79 Å². The standard InChI is InChI=1S/C21H27N3O6.C2HF3O2/c1-30-21(29)15(6-7-18(25)26)23-19(27)17-12-14-4-2-3-5-16(14)24(17)20(28)13-8-10-22-11-9-13;3-2(4,5)1(6)7/h2-5,13,15,17,22H,6-12H2,1H3,(H,23,27)(H,25,26);(H,6,7)/t15-,17-;/m0./s1. The molecule has 1 fully saturated rings. The van der Waals surface area contributed by atoms with Gasteiger partial charge in [0.1, 0.15) is 18.1 Å². The number of nitrogens with one attached hydrogen (secondary N) is 1. The number of aliphatic carboxylic acids is 2. The molecule has 1 aromatic carbocycles. The van der Waals surface area contributed by atoms with Crippen molar-refractivity contribution in [2.45, 2.75) is 50.4 Å². The fraction of sp³-hybridized carbons (Fsp3) is 0.522. The summed E-state index contributed by atoms with van der Waals surface area (Å²) in [6, 6.07) is 5.55. The van der Waals surface area contributed by atoms with E-state index in [0.717, 1.165) is 37.2 Å². The Morgan fingerprint density at radius 3 is 2.32 bits per heavy atom. The number of hydrogen-bond acceptors (Lipinski definition) is 7. The number of carboxylic acids is 2. The second kappa shape index (κ2) is 13.0. The van der Waals surface area contributed by atoms with Gasteiger partial charge in [-0.05, 0) is 18.1 Å². The number of benzene rings is 1. The number of quaternary nitrogens is 1. The Kier molecular flexibility index (Phi) is 10.4. The Morgan fingerprint density at radius 1 is 1.19 bits per heavy atom. The normalized spacial score (nSPS) is 18.1. The highest BCUT2D eigenvalue weighted by Gasteiger charge is 2.42. The van der Waals surface area contributed by atoms with Crippen LogP contribution >= 0.6 is 0 Å². The Bertz CT molecular complexity index is 1010. The number of hydrogen-bond donors (Lipinski definition) is 3. The van der Waals surface area contributed by atoms with Crippen LogP contribution in [-0.2, 0) is 35.1 Å². The number of ether oxygens (including phenoxy) is 1. The van der Waals surface area contributed by atoms with Crippen LogP contribution in [0.2, 0.25) is 0 Å². The van der Waals surface area contributed by atoms with Crippen molar-refractivity contribution in [1.82, 2.24) is 5.32 Å². The maximum Gasteiger partial charge on any atom is 0.430 e. The number of rotatable bonds is 7. The van der Waals surface area contributed by atoms with Gasteiger partial charge in [0, 0.05) is 37.3 Å². The monoisotopic (exact) mass is 531 g/mol. The molecular weight excluding hydrogens is 503 g/mol. The zero-order chi connectivity index (χ0) is 27.8. The highest BCUT2D eigenvalue weighted by molar-refractivity contribution is 6.05. The second-order valence-corrected chi connectivity index (χ2v) is 8.50. The fourth-order valence-corrected chi connectivity index (χ4v) is 4.17. The van der Waals surface area contributed by atoms with E-state index in [2.05, 4.69) is 10.6 Å². The zero-order valence-corrected chi connectivity index (χ0v) is 20.0. The second-order valence-electron chi connectivity index (χ2n) is 8.50. The highest BCUT2D eigenvalue weighted by Crippen LogP contribution is 2.34. The summed E-state index contributed by atoms with van der Waals surface area (Å²) in [4.78, 5) is 59.7. The van der Waals surface area contributed by atoms with Gasteiger partial charge in [0.05, 0.1) is 20.2 Å². The van der Waals surface area contributed by atoms with E-state index in [9.17, 15) is 32.3 Å². The zero-order valence-electron chi connectivity index (χ0n) is 20.0. The number of halogens is 3. The Hall–Kier alpha value is -3.68. The Morgan fingerprint density at radius 2 is 1.78 bits per heavy atom. The topological polar surface area (TPSA) is 170 Å². The molecule has 2 aliphatic rings. The van der Waals surface area contributed by atoms with Crippen molar-refractivity contribution < 1.29 is 57.4 Å². The molecule has 0 bridgehead atoms. The quantitative estimate of drug-likeness (QED) is 0.366. The first kappa shape index (κ1) is 29.5. The molecule has 0 saturated carbocycles. The number of anilines is 1. The van der Waals surface area contributed by atoms with Crippen LogP contribution in [-0.4, -0.2) is 73.3 Å². The number of methoxy groups -OCH3 is 1. The molecule has 0 unspecified atom stereocenters. The van der Waals surface area contributed by atoms with E-state index in [4.69, 9.17) is 19.7 Å². The van der Waals surface area contributed by atoms with E-state index < -0.39 is 42.1 Å². The number of carbonyl (C=O) groups is 5. The molecule has 4 N–H and O–H groups in total. The minimum atomic E-state index is -5.19. The summed E-state index contributed by atoms with van der Waals surface area (Å²) in [6.45, 7) is 1.75. The largest absolute Gasteiger partial charge is 0.542 e. The predicted molar refractivity (Wildman–Crippen MR) is 118 cm³/mol. The van der Waals surface area contributed by atoms with E-state index in [-0.39, 0.29) is 24.7 Å². The number of nitrogens with two attached hydrogens (primary N) is 1. The van der Waals surface area contributed by atoms with Gasteiger partial charge in [-0.15, -0.1) is 0 Å². The van der Waals surface area contributed by atoms with Gasteiger partial charge in [0.2, 0.25) is 11.8 Å². The molecule has 2 atom stereocenters. The molecule has 0 radical (unpaired) electrons. The maximum atomic E-state index is 13.3. The summed E-state index contributed by atoms with van der Waals surface area (Å²) in [7, 11) is 1.18. The molecule has 14 heteroatoms. The third-order valence-electron chi connectivity index (χ3n) is 5.98. The molecule has 0 aromatic heterocycles. The number of nitrogens with zero attached hydrogens (tertiary/aromatic N) is 1. The van der Waals surface area contributed by atoms with Gasteiger partial charge in [-0.1, -0.05) is 18.2 Å². The van der Waals surface area contributed by atoms with Crippen molar-refractivity contribution in [2.24, 2.45) is 5.92 Å². The van der Waals surface area contributed by atoms with Crippen LogP contribution in [0.25, 0.3) is 0 Å². The lowest BCUT2D eigenvalue weighted by Gasteiger charge is -2.30. The molecule has 11 nitrogen and oxygen atoms in total. The number of para-hydroxylation sites is 1. The van der Waals surface area contributed by atoms with Crippen LogP contribution in [0.5, 0.6) is 0 Å². The maximum absolute atomic E-state index is 13.3. The van der Waals surface area contributed by atoms with E-state index in [1.165, 1.54) is 7.11 Å².